The number of aliphatic carboxylic acids is 1. The predicted molar refractivity (Wildman–Crippen MR) is 69.6 cm³/mol. The van der Waals surface area contributed by atoms with Crippen molar-refractivity contribution in [1.82, 2.24) is 10.2 Å². The Morgan fingerprint density at radius 2 is 2.26 bits per heavy atom. The summed E-state index contributed by atoms with van der Waals surface area (Å²) < 4.78 is 5.22. The van der Waals surface area contributed by atoms with Crippen LogP contribution in [0.25, 0.3) is 0 Å². The molecule has 106 valence electrons. The van der Waals surface area contributed by atoms with Gasteiger partial charge in [-0.05, 0) is 5.92 Å². The molecule has 0 aromatic carbocycles. The number of nitrogens with zero attached hydrogens (tertiary/aromatic N) is 1. The fourth-order valence-electron chi connectivity index (χ4n) is 1.91. The van der Waals surface area contributed by atoms with Crippen molar-refractivity contribution < 1.29 is 19.4 Å². The van der Waals surface area contributed by atoms with Gasteiger partial charge in [0.25, 0.3) is 0 Å². The van der Waals surface area contributed by atoms with E-state index in [1.807, 2.05) is 13.8 Å². The molecule has 2 unspecified atom stereocenters. The van der Waals surface area contributed by atoms with Crippen molar-refractivity contribution in [1.29, 1.82) is 0 Å². The second-order valence-electron chi connectivity index (χ2n) is 4.86. The second kappa shape index (κ2) is 7.00. The second-order valence-corrected chi connectivity index (χ2v) is 4.86. The molecular formula is C13H20N2O4. The Morgan fingerprint density at radius 1 is 1.58 bits per heavy atom. The number of nitrogens with one attached hydrogen (secondary N) is 1. The predicted octanol–water partition coefficient (Wildman–Crippen LogP) is 0.529. The summed E-state index contributed by atoms with van der Waals surface area (Å²) in [5.41, 5.74) is 0. The van der Waals surface area contributed by atoms with E-state index in [0.29, 0.717) is 13.2 Å². The van der Waals surface area contributed by atoms with E-state index < -0.39 is 12.0 Å². The first kappa shape index (κ1) is 15.3. The molecule has 0 bridgehead atoms. The molecule has 1 aliphatic rings. The van der Waals surface area contributed by atoms with Crippen molar-refractivity contribution in [3.8, 4) is 12.3 Å². The fraction of sp³-hybridized carbons (Fsp3) is 0.692. The number of carbonyl (C=O) groups is 2. The Labute approximate surface area is 113 Å². The zero-order valence-corrected chi connectivity index (χ0v) is 11.3. The molecule has 6 heteroatoms. The Balaban J connectivity index is 2.66. The minimum Gasteiger partial charge on any atom is -0.481 e. The highest BCUT2D eigenvalue weighted by Gasteiger charge is 2.30. The van der Waals surface area contributed by atoms with Gasteiger partial charge in [-0.15, -0.1) is 6.42 Å². The molecular weight excluding hydrogens is 248 g/mol. The normalized spacial score (nSPS) is 20.7. The van der Waals surface area contributed by atoms with E-state index in [1.165, 1.54) is 4.90 Å². The third-order valence-electron chi connectivity index (χ3n) is 3.02. The number of morpholine rings is 1. The van der Waals surface area contributed by atoms with Crippen LogP contribution in [0.15, 0.2) is 0 Å². The lowest BCUT2D eigenvalue weighted by molar-refractivity contribution is -0.139. The van der Waals surface area contributed by atoms with E-state index in [0.717, 1.165) is 0 Å². The highest BCUT2D eigenvalue weighted by Crippen LogP contribution is 2.12. The largest absolute Gasteiger partial charge is 0.481 e. The van der Waals surface area contributed by atoms with E-state index in [1.54, 1.807) is 0 Å². The van der Waals surface area contributed by atoms with Crippen LogP contribution in [-0.2, 0) is 9.53 Å². The van der Waals surface area contributed by atoms with Crippen LogP contribution >= 0.6 is 0 Å². The minimum absolute atomic E-state index is 0.118. The smallest absolute Gasteiger partial charge is 0.318 e. The summed E-state index contributed by atoms with van der Waals surface area (Å²) in [6, 6.07) is -1.14. The number of carboxylic acid groups (broad SMARTS) is 1. The van der Waals surface area contributed by atoms with Gasteiger partial charge in [0.2, 0.25) is 0 Å². The van der Waals surface area contributed by atoms with E-state index in [2.05, 4.69) is 11.2 Å². The Kier molecular flexibility index (Phi) is 5.64. The number of hydrogen-bond acceptors (Lipinski definition) is 3. The molecule has 1 aliphatic heterocycles. The molecule has 0 spiro atoms. The quantitative estimate of drug-likeness (QED) is 0.729. The molecule has 1 heterocycles. The Morgan fingerprint density at radius 3 is 2.79 bits per heavy atom. The molecule has 2 amide bonds. The number of rotatable bonds is 4. The molecule has 0 aliphatic carbocycles. The zero-order chi connectivity index (χ0) is 14.4. The van der Waals surface area contributed by atoms with Gasteiger partial charge in [-0.25, -0.2) is 4.79 Å². The third-order valence-corrected chi connectivity index (χ3v) is 3.02. The van der Waals surface area contributed by atoms with Gasteiger partial charge in [-0.3, -0.25) is 4.79 Å². The van der Waals surface area contributed by atoms with Crippen molar-refractivity contribution in [2.24, 2.45) is 5.92 Å². The number of amides is 2. The first-order chi connectivity index (χ1) is 8.95. The Hall–Kier alpha value is -1.74. The highest BCUT2D eigenvalue weighted by molar-refractivity contribution is 5.76. The van der Waals surface area contributed by atoms with Crippen molar-refractivity contribution >= 4 is 12.0 Å². The van der Waals surface area contributed by atoms with Gasteiger partial charge in [0.1, 0.15) is 0 Å². The average molecular weight is 268 g/mol. The number of hydrogen-bond donors (Lipinski definition) is 2. The molecule has 2 N–H and O–H groups in total. The molecule has 1 saturated heterocycles. The van der Waals surface area contributed by atoms with Crippen molar-refractivity contribution in [2.45, 2.75) is 32.4 Å². The fourth-order valence-corrected chi connectivity index (χ4v) is 1.91. The van der Waals surface area contributed by atoms with Crippen LogP contribution in [-0.4, -0.2) is 53.8 Å². The van der Waals surface area contributed by atoms with Crippen molar-refractivity contribution in [2.75, 3.05) is 19.8 Å². The van der Waals surface area contributed by atoms with Crippen LogP contribution in [0, 0.1) is 18.3 Å². The van der Waals surface area contributed by atoms with Crippen molar-refractivity contribution in [3.05, 3.63) is 0 Å². The van der Waals surface area contributed by atoms with Crippen LogP contribution in [0.3, 0.4) is 0 Å². The molecule has 2 atom stereocenters. The average Bonchev–Trinajstić information content (AvgIpc) is 2.35. The van der Waals surface area contributed by atoms with Gasteiger partial charge in [-0.1, -0.05) is 19.8 Å². The summed E-state index contributed by atoms with van der Waals surface area (Å²) in [4.78, 5) is 24.4. The maximum atomic E-state index is 12.1. The lowest BCUT2D eigenvalue weighted by Crippen LogP contribution is -2.55. The number of urea groups is 1. The first-order valence-corrected chi connectivity index (χ1v) is 6.28. The number of terminal acetylenes is 1. The van der Waals surface area contributed by atoms with E-state index in [4.69, 9.17) is 16.3 Å². The Bertz CT molecular complexity index is 375. The topological polar surface area (TPSA) is 78.9 Å². The summed E-state index contributed by atoms with van der Waals surface area (Å²) in [6.45, 7) is 4.85. The molecule has 0 aromatic heterocycles. The number of carboxylic acids is 1. The maximum Gasteiger partial charge on any atom is 0.318 e. The third kappa shape index (κ3) is 4.45. The van der Waals surface area contributed by atoms with Crippen LogP contribution in [0.5, 0.6) is 0 Å². The lowest BCUT2D eigenvalue weighted by atomic mass is 10.1. The molecule has 1 rings (SSSR count). The van der Waals surface area contributed by atoms with E-state index in [9.17, 15) is 9.59 Å². The molecule has 0 aromatic rings. The molecule has 19 heavy (non-hydrogen) atoms. The van der Waals surface area contributed by atoms with Gasteiger partial charge >= 0.3 is 12.0 Å². The van der Waals surface area contributed by atoms with Crippen LogP contribution in [0.4, 0.5) is 4.79 Å². The summed E-state index contributed by atoms with van der Waals surface area (Å²) in [7, 11) is 0. The van der Waals surface area contributed by atoms with Crippen molar-refractivity contribution in [3.63, 3.8) is 0 Å². The maximum absolute atomic E-state index is 12.1. The molecule has 0 radical (unpaired) electrons. The van der Waals surface area contributed by atoms with Gasteiger partial charge < -0.3 is 20.1 Å². The summed E-state index contributed by atoms with van der Waals surface area (Å²) in [6.07, 6.45) is 5.24. The summed E-state index contributed by atoms with van der Waals surface area (Å²) >= 11 is 0. The first-order valence-electron chi connectivity index (χ1n) is 6.28. The van der Waals surface area contributed by atoms with Gasteiger partial charge in [0.05, 0.1) is 31.7 Å². The number of ether oxygens (including phenoxy) is 1. The monoisotopic (exact) mass is 268 g/mol. The van der Waals surface area contributed by atoms with Gasteiger partial charge in [0, 0.05) is 6.54 Å². The molecule has 1 fully saturated rings. The lowest BCUT2D eigenvalue weighted by Gasteiger charge is -2.35. The summed E-state index contributed by atoms with van der Waals surface area (Å²) in [5, 5.41) is 11.6. The summed E-state index contributed by atoms with van der Waals surface area (Å²) in [5.74, 6) is 1.69. The number of carbonyl (C=O) groups excluding carboxylic acids is 1. The van der Waals surface area contributed by atoms with Crippen LogP contribution in [0.2, 0.25) is 0 Å². The van der Waals surface area contributed by atoms with Crippen LogP contribution < -0.4 is 5.32 Å². The minimum atomic E-state index is -0.953. The molecule has 0 saturated carbocycles. The SMILES string of the molecule is C#CC(NC(=O)N1CCOCC1CC(=O)O)C(C)C. The molecule has 6 nitrogen and oxygen atoms in total. The van der Waals surface area contributed by atoms with Gasteiger partial charge in [-0.2, -0.15) is 0 Å². The van der Waals surface area contributed by atoms with Gasteiger partial charge in [0.15, 0.2) is 0 Å². The highest BCUT2D eigenvalue weighted by atomic mass is 16.5. The van der Waals surface area contributed by atoms with Crippen LogP contribution in [0.1, 0.15) is 20.3 Å². The van der Waals surface area contributed by atoms with E-state index >= 15 is 0 Å². The zero-order valence-electron chi connectivity index (χ0n) is 11.3. The van der Waals surface area contributed by atoms with E-state index in [-0.39, 0.29) is 31.0 Å². The standard InChI is InChI=1S/C13H20N2O4/c1-4-11(9(2)3)14-13(18)15-5-6-19-8-10(15)7-12(16)17/h1,9-11H,5-8H2,2-3H3,(H,14,18)(H,16,17).